The highest BCUT2D eigenvalue weighted by Gasteiger charge is 2.73. The molecule has 0 bridgehead atoms. The van der Waals surface area contributed by atoms with Gasteiger partial charge in [-0.3, -0.25) is 0 Å². The molecule has 2 N–H and O–H groups in total. The van der Waals surface area contributed by atoms with E-state index in [4.69, 9.17) is 5.73 Å². The third-order valence-electron chi connectivity index (χ3n) is 4.65. The monoisotopic (exact) mass is 151 g/mol. The van der Waals surface area contributed by atoms with Crippen LogP contribution >= 0.6 is 0 Å². The highest BCUT2D eigenvalue weighted by Crippen LogP contribution is 2.78. The van der Waals surface area contributed by atoms with Crippen molar-refractivity contribution in [3.05, 3.63) is 0 Å². The Balaban J connectivity index is 1.94. The lowest BCUT2D eigenvalue weighted by Crippen LogP contribution is -2.39. The highest BCUT2D eigenvalue weighted by atomic mass is 14.9. The number of nitrogens with two attached hydrogens (primary N) is 1. The fourth-order valence-corrected chi connectivity index (χ4v) is 3.11. The molecule has 0 saturated heterocycles. The van der Waals surface area contributed by atoms with Crippen molar-refractivity contribution in [3.63, 3.8) is 0 Å². The van der Waals surface area contributed by atoms with Gasteiger partial charge in [0.15, 0.2) is 0 Å². The molecule has 0 aromatic heterocycles. The van der Waals surface area contributed by atoms with E-state index in [1.807, 2.05) is 0 Å². The lowest BCUT2D eigenvalue weighted by atomic mass is 9.79. The molecular weight excluding hydrogens is 134 g/mol. The minimum atomic E-state index is 0.304. The molecule has 11 heavy (non-hydrogen) atoms. The van der Waals surface area contributed by atoms with E-state index in [0.29, 0.717) is 16.4 Å². The Labute approximate surface area is 68.3 Å². The maximum atomic E-state index is 6.31. The van der Waals surface area contributed by atoms with Crippen LogP contribution in [0.5, 0.6) is 0 Å². The molecule has 3 aliphatic carbocycles. The van der Waals surface area contributed by atoms with Crippen LogP contribution in [0.15, 0.2) is 0 Å². The van der Waals surface area contributed by atoms with Crippen molar-refractivity contribution in [2.75, 3.05) is 0 Å². The molecule has 0 heterocycles. The van der Waals surface area contributed by atoms with Gasteiger partial charge in [0.05, 0.1) is 0 Å². The summed E-state index contributed by atoms with van der Waals surface area (Å²) in [5.41, 5.74) is 7.92. The molecule has 0 aliphatic heterocycles. The van der Waals surface area contributed by atoms with Crippen LogP contribution in [0.3, 0.4) is 0 Å². The second-order valence-electron chi connectivity index (χ2n) is 5.30. The zero-order valence-electron chi connectivity index (χ0n) is 7.32. The smallest absolute Gasteiger partial charge is 0.0218 e. The minimum absolute atomic E-state index is 0.304. The molecule has 0 atom stereocenters. The van der Waals surface area contributed by atoms with Crippen LogP contribution in [0, 0.1) is 10.8 Å². The molecule has 0 aromatic carbocycles. The fourth-order valence-electron chi connectivity index (χ4n) is 3.11. The molecule has 3 saturated carbocycles. The molecule has 3 rings (SSSR count). The van der Waals surface area contributed by atoms with Crippen LogP contribution in [0.1, 0.15) is 45.4 Å². The highest BCUT2D eigenvalue weighted by molar-refractivity contribution is 5.27. The summed E-state index contributed by atoms with van der Waals surface area (Å²) in [6.07, 6.45) is 8.38. The standard InChI is InChI=1S/C10H17N/c1-8(2-3-8)9(4-5-9)10(11)6-7-10/h2-7,11H2,1H3. The van der Waals surface area contributed by atoms with Gasteiger partial charge in [-0.15, -0.1) is 0 Å². The zero-order chi connectivity index (χ0) is 7.74. The second-order valence-corrected chi connectivity index (χ2v) is 5.30. The van der Waals surface area contributed by atoms with Crippen LogP contribution in [0.2, 0.25) is 0 Å². The topological polar surface area (TPSA) is 26.0 Å². The molecule has 0 amide bonds. The molecule has 0 unspecified atom stereocenters. The maximum Gasteiger partial charge on any atom is 0.0218 e. The Morgan fingerprint density at radius 2 is 1.45 bits per heavy atom. The molecule has 0 aromatic rings. The first kappa shape index (κ1) is 6.47. The summed E-state index contributed by atoms with van der Waals surface area (Å²) >= 11 is 0. The molecular formula is C10H17N. The maximum absolute atomic E-state index is 6.31. The van der Waals surface area contributed by atoms with E-state index in [-0.39, 0.29) is 0 Å². The van der Waals surface area contributed by atoms with Crippen molar-refractivity contribution in [2.45, 2.75) is 51.0 Å². The van der Waals surface area contributed by atoms with Crippen molar-refractivity contribution in [3.8, 4) is 0 Å². The van der Waals surface area contributed by atoms with Crippen LogP contribution in [-0.2, 0) is 0 Å². The van der Waals surface area contributed by atoms with Crippen LogP contribution in [0.4, 0.5) is 0 Å². The van der Waals surface area contributed by atoms with Gasteiger partial charge < -0.3 is 5.73 Å². The molecule has 62 valence electrons. The van der Waals surface area contributed by atoms with Crippen LogP contribution in [0.25, 0.3) is 0 Å². The van der Waals surface area contributed by atoms with E-state index in [1.54, 1.807) is 0 Å². The third-order valence-corrected chi connectivity index (χ3v) is 4.65. The van der Waals surface area contributed by atoms with Gasteiger partial charge in [-0.25, -0.2) is 0 Å². The summed E-state index contributed by atoms with van der Waals surface area (Å²) in [6, 6.07) is 0. The molecule has 1 nitrogen and oxygen atoms in total. The predicted molar refractivity (Wildman–Crippen MR) is 45.2 cm³/mol. The first-order chi connectivity index (χ1) is 5.12. The quantitative estimate of drug-likeness (QED) is 0.642. The SMILES string of the molecule is CC1(C2(C3(N)CC3)CC2)CC1. The first-order valence-corrected chi connectivity index (χ1v) is 4.91. The van der Waals surface area contributed by atoms with Crippen molar-refractivity contribution >= 4 is 0 Å². The fraction of sp³-hybridized carbons (Fsp3) is 1.00. The van der Waals surface area contributed by atoms with Gasteiger partial charge in [-0.1, -0.05) is 6.92 Å². The predicted octanol–water partition coefficient (Wildman–Crippen LogP) is 2.06. The van der Waals surface area contributed by atoms with Gasteiger partial charge in [0.1, 0.15) is 0 Å². The molecule has 3 fully saturated rings. The number of hydrogen-bond acceptors (Lipinski definition) is 1. The van der Waals surface area contributed by atoms with Gasteiger partial charge in [0.25, 0.3) is 0 Å². The largest absolute Gasteiger partial charge is 0.325 e. The van der Waals surface area contributed by atoms with Gasteiger partial charge in [0.2, 0.25) is 0 Å². The Hall–Kier alpha value is -0.0400. The van der Waals surface area contributed by atoms with Gasteiger partial charge in [-0.05, 0) is 49.4 Å². The molecule has 0 radical (unpaired) electrons. The molecule has 0 spiro atoms. The lowest BCUT2D eigenvalue weighted by molar-refractivity contribution is 0.234. The average Bonchev–Trinajstić information content (AvgIpc) is 2.66. The number of rotatable bonds is 2. The Bertz CT molecular complexity index is 187. The summed E-state index contributed by atoms with van der Waals surface area (Å²) in [5.74, 6) is 0. The summed E-state index contributed by atoms with van der Waals surface area (Å²) in [7, 11) is 0. The average molecular weight is 151 g/mol. The van der Waals surface area contributed by atoms with Gasteiger partial charge in [-0.2, -0.15) is 0 Å². The Morgan fingerprint density at radius 3 is 1.73 bits per heavy atom. The first-order valence-electron chi connectivity index (χ1n) is 4.91. The van der Waals surface area contributed by atoms with Gasteiger partial charge >= 0.3 is 0 Å². The van der Waals surface area contributed by atoms with E-state index in [2.05, 4.69) is 6.92 Å². The third kappa shape index (κ3) is 0.581. The molecule has 1 heteroatoms. The van der Waals surface area contributed by atoms with Gasteiger partial charge in [0, 0.05) is 5.54 Å². The van der Waals surface area contributed by atoms with E-state index in [9.17, 15) is 0 Å². The van der Waals surface area contributed by atoms with E-state index in [1.165, 1.54) is 38.5 Å². The van der Waals surface area contributed by atoms with Crippen LogP contribution in [-0.4, -0.2) is 5.54 Å². The lowest BCUT2D eigenvalue weighted by Gasteiger charge is -2.29. The van der Waals surface area contributed by atoms with Crippen LogP contribution < -0.4 is 5.73 Å². The zero-order valence-corrected chi connectivity index (χ0v) is 7.32. The minimum Gasteiger partial charge on any atom is -0.325 e. The van der Waals surface area contributed by atoms with E-state index >= 15 is 0 Å². The van der Waals surface area contributed by atoms with Crippen molar-refractivity contribution in [1.29, 1.82) is 0 Å². The Kier molecular flexibility index (Phi) is 0.820. The summed E-state index contributed by atoms with van der Waals surface area (Å²) in [4.78, 5) is 0. The summed E-state index contributed by atoms with van der Waals surface area (Å²) in [6.45, 7) is 2.45. The summed E-state index contributed by atoms with van der Waals surface area (Å²) < 4.78 is 0. The Morgan fingerprint density at radius 1 is 0.909 bits per heavy atom. The van der Waals surface area contributed by atoms with Crippen molar-refractivity contribution < 1.29 is 0 Å². The van der Waals surface area contributed by atoms with Crippen molar-refractivity contribution in [1.82, 2.24) is 0 Å². The van der Waals surface area contributed by atoms with E-state index < -0.39 is 0 Å². The summed E-state index contributed by atoms with van der Waals surface area (Å²) in [5, 5.41) is 0. The second kappa shape index (κ2) is 1.39. The molecule has 3 aliphatic rings. The number of hydrogen-bond donors (Lipinski definition) is 1. The van der Waals surface area contributed by atoms with E-state index in [0.717, 1.165) is 0 Å². The normalized spacial score (nSPS) is 39.8. The van der Waals surface area contributed by atoms with Crippen molar-refractivity contribution in [2.24, 2.45) is 16.6 Å².